The van der Waals surface area contributed by atoms with Crippen molar-refractivity contribution in [3.8, 4) is 0 Å². The second-order valence-corrected chi connectivity index (χ2v) is 8.70. The van der Waals surface area contributed by atoms with Crippen LogP contribution in [0.4, 0.5) is 0 Å². The number of pyridine rings is 1. The molecule has 2 aliphatic rings. The molecule has 0 aromatic carbocycles. The van der Waals surface area contributed by atoms with Gasteiger partial charge in [0.15, 0.2) is 0 Å². The summed E-state index contributed by atoms with van der Waals surface area (Å²) in [5.41, 5.74) is 2.70. The maximum absolute atomic E-state index is 12.6. The number of amides is 1. The largest absolute Gasteiger partial charge is 0.385 e. The Morgan fingerprint density at radius 2 is 2.00 bits per heavy atom. The summed E-state index contributed by atoms with van der Waals surface area (Å²) in [6.45, 7) is 5.87. The number of hydrogen-bond acceptors (Lipinski definition) is 5. The van der Waals surface area contributed by atoms with Gasteiger partial charge in [0, 0.05) is 43.8 Å². The Kier molecular flexibility index (Phi) is 5.20. The molecule has 2 fully saturated rings. The third kappa shape index (κ3) is 3.48. The van der Waals surface area contributed by atoms with Crippen molar-refractivity contribution in [2.45, 2.75) is 51.2 Å². The Bertz CT molecular complexity index is 1040. The quantitative estimate of drug-likeness (QED) is 0.690. The summed E-state index contributed by atoms with van der Waals surface area (Å²) in [5.74, 6) is 0.967. The van der Waals surface area contributed by atoms with Gasteiger partial charge >= 0.3 is 0 Å². The van der Waals surface area contributed by atoms with Crippen molar-refractivity contribution >= 4 is 28.0 Å². The average Bonchev–Trinajstić information content (AvgIpc) is 3.39. The van der Waals surface area contributed by atoms with Crippen molar-refractivity contribution in [2.24, 2.45) is 0 Å². The van der Waals surface area contributed by atoms with Gasteiger partial charge in [0.2, 0.25) is 5.91 Å². The molecule has 5 rings (SSSR count). The van der Waals surface area contributed by atoms with Crippen molar-refractivity contribution in [3.05, 3.63) is 24.3 Å². The fourth-order valence-corrected chi connectivity index (χ4v) is 5.04. The molecule has 0 bridgehead atoms. The molecule has 0 radical (unpaired) electrons. The number of aliphatic hydroxyl groups is 1. The molecule has 2 N–H and O–H groups in total. The van der Waals surface area contributed by atoms with Crippen LogP contribution in [0.5, 0.6) is 0 Å². The summed E-state index contributed by atoms with van der Waals surface area (Å²) >= 11 is 0. The first-order valence-electron chi connectivity index (χ1n) is 11.1. The van der Waals surface area contributed by atoms with Crippen LogP contribution >= 0.6 is 0 Å². The Balaban J connectivity index is 1.36. The van der Waals surface area contributed by atoms with Gasteiger partial charge in [-0.25, -0.2) is 9.97 Å². The summed E-state index contributed by atoms with van der Waals surface area (Å²) < 4.78 is 2.22. The minimum absolute atomic E-state index is 0.251. The number of fused-ring (bicyclic) bond motifs is 3. The van der Waals surface area contributed by atoms with Crippen LogP contribution in [0.15, 0.2) is 18.5 Å². The number of nitrogens with one attached hydrogen (secondary N) is 1. The van der Waals surface area contributed by atoms with Crippen molar-refractivity contribution in [2.75, 3.05) is 32.7 Å². The predicted octanol–water partition coefficient (Wildman–Crippen LogP) is 2.62. The zero-order chi connectivity index (χ0) is 20.7. The maximum atomic E-state index is 12.6. The van der Waals surface area contributed by atoms with E-state index in [1.165, 1.54) is 6.42 Å². The summed E-state index contributed by atoms with van der Waals surface area (Å²) in [6, 6.07) is 2.28. The second kappa shape index (κ2) is 8.00. The first kappa shape index (κ1) is 19.5. The van der Waals surface area contributed by atoms with E-state index in [2.05, 4.69) is 19.4 Å². The molecular formula is C22H30N6O2. The molecule has 3 aromatic heterocycles. The lowest BCUT2D eigenvalue weighted by Crippen LogP contribution is -2.45. The molecule has 1 atom stereocenters. The van der Waals surface area contributed by atoms with Gasteiger partial charge in [0.25, 0.3) is 0 Å². The summed E-state index contributed by atoms with van der Waals surface area (Å²) in [7, 11) is 0. The van der Waals surface area contributed by atoms with Gasteiger partial charge in [0.1, 0.15) is 23.1 Å². The average molecular weight is 411 g/mol. The summed E-state index contributed by atoms with van der Waals surface area (Å²) in [6.07, 6.45) is 8.40. The van der Waals surface area contributed by atoms with Crippen molar-refractivity contribution in [1.29, 1.82) is 0 Å². The van der Waals surface area contributed by atoms with Gasteiger partial charge in [0.05, 0.1) is 18.3 Å². The van der Waals surface area contributed by atoms with E-state index in [0.717, 1.165) is 73.9 Å². The molecule has 5 heterocycles. The molecule has 0 aliphatic carbocycles. The van der Waals surface area contributed by atoms with Crippen LogP contribution in [0, 0.1) is 0 Å². The summed E-state index contributed by atoms with van der Waals surface area (Å²) in [5, 5.41) is 11.4. The lowest BCUT2D eigenvalue weighted by Gasteiger charge is -2.35. The van der Waals surface area contributed by atoms with Crippen molar-refractivity contribution in [1.82, 2.24) is 29.3 Å². The van der Waals surface area contributed by atoms with Crippen molar-refractivity contribution in [3.63, 3.8) is 0 Å². The molecule has 0 spiro atoms. The molecule has 2 aliphatic heterocycles. The van der Waals surface area contributed by atoms with Crippen LogP contribution in [-0.4, -0.2) is 73.1 Å². The number of carbonyl (C=O) groups is 1. The first-order valence-corrected chi connectivity index (χ1v) is 11.1. The van der Waals surface area contributed by atoms with Gasteiger partial charge in [-0.3, -0.25) is 9.69 Å². The van der Waals surface area contributed by atoms with Crippen LogP contribution in [0.1, 0.15) is 57.0 Å². The number of rotatable bonds is 4. The van der Waals surface area contributed by atoms with E-state index in [9.17, 15) is 9.90 Å². The number of aromatic amines is 1. The standard InChI is InChI=1S/C22H30N6O2/c1-15(29)22-25-18-13-24-21-17(5-8-23-21)20(18)28(22)16-6-11-26(12-7-16)14-19(30)27-9-3-2-4-10-27/h5,8,13,15-16,29H,2-4,6-7,9-12,14H2,1H3,(H,23,24). The van der Waals surface area contributed by atoms with E-state index in [4.69, 9.17) is 4.98 Å². The van der Waals surface area contributed by atoms with E-state index in [1.807, 2.05) is 17.2 Å². The molecule has 1 unspecified atom stereocenters. The monoisotopic (exact) mass is 410 g/mol. The van der Waals surface area contributed by atoms with Gasteiger partial charge in [-0.2, -0.15) is 0 Å². The normalized spacial score (nSPS) is 20.3. The molecule has 3 aromatic rings. The molecule has 160 valence electrons. The summed E-state index contributed by atoms with van der Waals surface area (Å²) in [4.78, 5) is 29.3. The second-order valence-electron chi connectivity index (χ2n) is 8.70. The number of H-pyrrole nitrogens is 1. The van der Waals surface area contributed by atoms with Crippen LogP contribution in [-0.2, 0) is 4.79 Å². The lowest BCUT2D eigenvalue weighted by atomic mass is 10.0. The highest BCUT2D eigenvalue weighted by Crippen LogP contribution is 2.34. The Morgan fingerprint density at radius 1 is 1.23 bits per heavy atom. The van der Waals surface area contributed by atoms with Crippen LogP contribution < -0.4 is 0 Å². The Morgan fingerprint density at radius 3 is 2.73 bits per heavy atom. The Hall–Kier alpha value is -2.45. The number of carbonyl (C=O) groups excluding carboxylic acids is 1. The SMILES string of the molecule is CC(O)c1nc2cnc3[nH]ccc3c2n1C1CCN(CC(=O)N2CCCCC2)CC1. The highest BCUT2D eigenvalue weighted by molar-refractivity contribution is 6.01. The maximum Gasteiger partial charge on any atom is 0.236 e. The van der Waals surface area contributed by atoms with Gasteiger partial charge in [-0.15, -0.1) is 0 Å². The minimum Gasteiger partial charge on any atom is -0.385 e. The highest BCUT2D eigenvalue weighted by atomic mass is 16.3. The van der Waals surface area contributed by atoms with E-state index < -0.39 is 6.10 Å². The number of nitrogens with zero attached hydrogens (tertiary/aromatic N) is 5. The van der Waals surface area contributed by atoms with E-state index in [0.29, 0.717) is 12.4 Å². The fourth-order valence-electron chi connectivity index (χ4n) is 5.04. The topological polar surface area (TPSA) is 90.3 Å². The van der Waals surface area contributed by atoms with Gasteiger partial charge in [-0.1, -0.05) is 0 Å². The molecule has 1 amide bonds. The lowest BCUT2D eigenvalue weighted by molar-refractivity contribution is -0.133. The highest BCUT2D eigenvalue weighted by Gasteiger charge is 2.28. The number of aliphatic hydroxyl groups excluding tert-OH is 1. The van der Waals surface area contributed by atoms with E-state index in [-0.39, 0.29) is 11.9 Å². The molecule has 2 saturated heterocycles. The minimum atomic E-state index is -0.648. The molecule has 8 heteroatoms. The molecule has 0 saturated carbocycles. The number of likely N-dealkylation sites (tertiary alicyclic amines) is 2. The smallest absolute Gasteiger partial charge is 0.236 e. The molecular weight excluding hydrogens is 380 g/mol. The predicted molar refractivity (Wildman–Crippen MR) is 115 cm³/mol. The number of imidazole rings is 1. The first-order chi connectivity index (χ1) is 14.6. The Labute approximate surface area is 175 Å². The van der Waals surface area contributed by atoms with Gasteiger partial charge < -0.3 is 19.6 Å². The zero-order valence-electron chi connectivity index (χ0n) is 17.5. The molecule has 30 heavy (non-hydrogen) atoms. The van der Waals surface area contributed by atoms with Gasteiger partial charge in [-0.05, 0) is 45.1 Å². The van der Waals surface area contributed by atoms with E-state index in [1.54, 1.807) is 13.1 Å². The van der Waals surface area contributed by atoms with E-state index >= 15 is 0 Å². The number of hydrogen-bond donors (Lipinski definition) is 2. The number of piperidine rings is 2. The third-order valence-electron chi connectivity index (χ3n) is 6.63. The van der Waals surface area contributed by atoms with Crippen LogP contribution in [0.3, 0.4) is 0 Å². The fraction of sp³-hybridized carbons (Fsp3) is 0.591. The third-order valence-corrected chi connectivity index (χ3v) is 6.63. The zero-order valence-corrected chi connectivity index (χ0v) is 17.5. The van der Waals surface area contributed by atoms with Crippen LogP contribution in [0.2, 0.25) is 0 Å². The van der Waals surface area contributed by atoms with Crippen molar-refractivity contribution < 1.29 is 9.90 Å². The van der Waals surface area contributed by atoms with Crippen LogP contribution in [0.25, 0.3) is 22.1 Å². The number of aromatic nitrogens is 4. The molecule has 8 nitrogen and oxygen atoms in total.